The number of aromatic hydroxyl groups is 1. The Labute approximate surface area is 758 Å². The maximum Gasteiger partial charge on any atom is 0.534 e. The molecule has 710 valence electrons. The molecule has 0 saturated heterocycles. The Kier molecular flexibility index (Phi) is 40.5. The van der Waals surface area contributed by atoms with Crippen LogP contribution in [-0.4, -0.2) is 154 Å². The number of nitrogens with zero attached hydrogens (tertiary/aromatic N) is 6. The largest absolute Gasteiger partial charge is 0.534 e. The molecule has 4 fully saturated rings. The number of ether oxygens (including phenoxy) is 1. The van der Waals surface area contributed by atoms with E-state index in [1.807, 2.05) is 80.8 Å². The van der Waals surface area contributed by atoms with Crippen LogP contribution in [0.5, 0.6) is 17.2 Å². The number of likely N-dealkylation sites (N-methyl/N-ethyl adjacent to an activating group) is 1. The number of alkyl halides is 9. The molecule has 129 heavy (non-hydrogen) atoms. The predicted molar refractivity (Wildman–Crippen MR) is 485 cm³/mol. The monoisotopic (exact) mass is 1920 g/mol. The van der Waals surface area contributed by atoms with Crippen molar-refractivity contribution in [3.8, 4) is 17.2 Å². The standard InChI is InChI=1S/C31H35N3O4S.C22H38N2OSSi.C14H17F3N2O4S.C13H18N2O2.C8H5F6NO4S2.CH4/c1-20-16-26-30(36)25-12-11-23(18-27(25)38-31(26)28(17-20)37-15-14-34(2)3)39-24-10-8-21(32-19-24)9-13-29(35)33-22-6-4-5-7-22;1-16(2)27(17(3)4,18(5)6)26-21-13-11-19(23-15-21)12-14-22(25)24-20-9-7-8-10-20;15-14(16,17)24(21,22)23-12-7-5-10(18-9-12)6-8-13(20)19-11-3-1-2-4-11;16-12-7-5-10(14-9-12)6-8-13(17)15-11-3-1-2-4-11;9-7(10,11)20(16,17)15(6-4-2-1-3-5-6)21(18,19)8(12,13)14;/h8,10-12,16-19,22H,4-7,9,13-15H2,1-3H3,(H,33,35);11,13,15-18,20H,7-10,12,14H2,1-6H3,(H,24,25);5,7,9,11H,1-4,6,8H2,(H,19,20);5,7,9,11,16H,1-4,6,8H2,(H,15,17);1-5H;1H4. The first-order chi connectivity index (χ1) is 60.2. The molecule has 0 unspecified atom stereocenters. The van der Waals surface area contributed by atoms with Crippen LogP contribution in [0.3, 0.4) is 0 Å². The van der Waals surface area contributed by atoms with Gasteiger partial charge in [-0.25, -0.2) is 0 Å². The van der Waals surface area contributed by atoms with Crippen molar-refractivity contribution in [1.29, 1.82) is 0 Å². The van der Waals surface area contributed by atoms with Crippen LogP contribution in [0.25, 0.3) is 21.9 Å². The lowest BCUT2D eigenvalue weighted by Gasteiger charge is -2.42. The van der Waals surface area contributed by atoms with Gasteiger partial charge in [-0.2, -0.15) is 64.8 Å². The van der Waals surface area contributed by atoms with Gasteiger partial charge < -0.3 is 44.6 Å². The van der Waals surface area contributed by atoms with E-state index in [2.05, 4.69) is 110 Å². The van der Waals surface area contributed by atoms with Crippen LogP contribution >= 0.6 is 23.0 Å². The molecule has 0 atom stereocenters. The minimum atomic E-state index is -6.81. The van der Waals surface area contributed by atoms with Gasteiger partial charge in [0, 0.05) is 106 Å². The first kappa shape index (κ1) is 107. The number of carbonyl (C=O) groups excluding carboxylic acids is 4. The average Bonchev–Trinajstić information content (AvgIpc) is 1.09. The molecular formula is C89H117F9N10O15S5Si. The van der Waals surface area contributed by atoms with Crippen molar-refractivity contribution in [2.24, 2.45) is 0 Å². The third-order valence-electron chi connectivity index (χ3n) is 21.9. The summed E-state index contributed by atoms with van der Waals surface area (Å²) >= 11 is 3.66. The van der Waals surface area contributed by atoms with Crippen LogP contribution in [0, 0.1) is 6.92 Å². The lowest BCUT2D eigenvalue weighted by Crippen LogP contribution is -2.49. The van der Waals surface area contributed by atoms with Gasteiger partial charge in [0.05, 0.1) is 28.9 Å². The third kappa shape index (κ3) is 32.1. The maximum atomic E-state index is 13.3. The van der Waals surface area contributed by atoms with Crippen molar-refractivity contribution < 1.29 is 102 Å². The number of hydrogen-bond acceptors (Lipinski definition) is 22. The number of anilines is 1. The fraction of sp³-hybridized carbons (Fsp3) is 0.517. The fourth-order valence-electron chi connectivity index (χ4n) is 15.4. The lowest BCUT2D eigenvalue weighted by molar-refractivity contribution is -0.122. The SMILES string of the molecule is C.CC(C)[Si](Sc1ccc(CCC(=O)NC2CCCC2)nc1)(C(C)C)C(C)C.Cc1cc(OCCN(C)C)c2oc3cc(Sc4ccc(CCC(=O)NC5CCCC5)nc4)ccc3c(=O)c2c1.O=C(CCc1ccc(O)cn1)NC1CCCC1.O=C(CCc1ccc(OS(=O)(=O)C(F)(F)F)cn1)NC1CCCC1.O=S(=O)(N(c1ccccc1)S(=O)(=O)C(F)(F)F)C(F)(F)F. The van der Waals surface area contributed by atoms with E-state index in [4.69, 9.17) is 14.3 Å². The zero-order valence-electron chi connectivity index (χ0n) is 72.9. The van der Waals surface area contributed by atoms with E-state index in [9.17, 15) is 88.7 Å². The van der Waals surface area contributed by atoms with E-state index in [0.717, 1.165) is 157 Å². The summed E-state index contributed by atoms with van der Waals surface area (Å²) in [5, 5.41) is 22.4. The Bertz CT molecular complexity index is 5290. The van der Waals surface area contributed by atoms with Crippen molar-refractivity contribution in [2.45, 2.75) is 282 Å². The highest BCUT2D eigenvalue weighted by Crippen LogP contribution is 2.52. The highest BCUT2D eigenvalue weighted by atomic mass is 32.4. The van der Waals surface area contributed by atoms with Gasteiger partial charge in [-0.1, -0.05) is 130 Å². The predicted octanol–water partition coefficient (Wildman–Crippen LogP) is 19.0. The van der Waals surface area contributed by atoms with Crippen molar-refractivity contribution in [3.63, 3.8) is 0 Å². The summed E-state index contributed by atoms with van der Waals surface area (Å²) in [5.74, 6) is 0.480. The van der Waals surface area contributed by atoms with Gasteiger partial charge in [0.1, 0.15) is 25.2 Å². The Morgan fingerprint density at radius 2 is 0.907 bits per heavy atom. The molecule has 8 aromatic rings. The molecule has 12 rings (SSSR count). The molecule has 4 saturated carbocycles. The van der Waals surface area contributed by atoms with E-state index in [1.54, 1.807) is 23.9 Å². The molecular weight excluding hydrogens is 1810 g/mol. The summed E-state index contributed by atoms with van der Waals surface area (Å²) in [6.45, 7) is 17.6. The number of rotatable bonds is 32. The second-order valence-corrected chi connectivity index (χ2v) is 48.0. The molecule has 4 aliphatic rings. The van der Waals surface area contributed by atoms with Crippen LogP contribution in [0.2, 0.25) is 16.6 Å². The van der Waals surface area contributed by atoms with Crippen molar-refractivity contribution in [3.05, 3.63) is 173 Å². The van der Waals surface area contributed by atoms with Gasteiger partial charge in [-0.3, -0.25) is 43.9 Å². The highest BCUT2D eigenvalue weighted by molar-refractivity contribution is 8.29. The number of hydrogen-bond donors (Lipinski definition) is 5. The molecule has 40 heteroatoms. The molecule has 0 aliphatic heterocycles. The highest BCUT2D eigenvalue weighted by Gasteiger charge is 2.62. The summed E-state index contributed by atoms with van der Waals surface area (Å²) in [6.07, 6.45) is 28.3. The number of halogens is 9. The fourth-order valence-corrected chi connectivity index (χ4v) is 28.5. The van der Waals surface area contributed by atoms with Crippen LogP contribution in [0.15, 0.2) is 158 Å². The van der Waals surface area contributed by atoms with Crippen LogP contribution in [0.1, 0.15) is 206 Å². The number of fused-ring (bicyclic) bond motifs is 2. The number of carbonyl (C=O) groups is 4. The Morgan fingerprint density at radius 3 is 1.27 bits per heavy atom. The number of sulfonamides is 2. The molecule has 3 aromatic carbocycles. The Balaban J connectivity index is 0.000000227. The van der Waals surface area contributed by atoms with Gasteiger partial charge >= 0.3 is 46.7 Å². The van der Waals surface area contributed by atoms with Gasteiger partial charge in [0.15, 0.2) is 17.1 Å². The molecule has 0 bridgehead atoms. The summed E-state index contributed by atoms with van der Waals surface area (Å²) in [7, 11) is -16.9. The molecule has 5 heterocycles. The lowest BCUT2D eigenvalue weighted by atomic mass is 10.1. The third-order valence-corrected chi connectivity index (χ3v) is 39.7. The second-order valence-electron chi connectivity index (χ2n) is 33.0. The number of benzene rings is 3. The topological polar surface area (TPSA) is 346 Å². The normalized spacial score (nSPS) is 14.9. The molecule has 5 N–H and O–H groups in total. The van der Waals surface area contributed by atoms with E-state index < -0.39 is 69.1 Å². The number of pyridine rings is 4. The van der Waals surface area contributed by atoms with E-state index >= 15 is 0 Å². The van der Waals surface area contributed by atoms with Crippen LogP contribution in [-0.2, 0) is 75.0 Å². The minimum absolute atomic E-state index is 0. The number of amides is 4. The molecule has 4 amide bonds. The second kappa shape index (κ2) is 48.9. The summed E-state index contributed by atoms with van der Waals surface area (Å²) in [4.78, 5) is 83.4. The van der Waals surface area contributed by atoms with Gasteiger partial charge in [-0.05, 0) is 211 Å². The zero-order valence-corrected chi connectivity index (χ0v) is 78.0. The average molecular weight is 1930 g/mol. The molecule has 4 aliphatic carbocycles. The van der Waals surface area contributed by atoms with Gasteiger partial charge in [0.25, 0.3) is 0 Å². The number of para-hydroxylation sites is 1. The summed E-state index contributed by atoms with van der Waals surface area (Å²) in [5.41, 5.74) is -12.0. The Morgan fingerprint density at radius 1 is 0.512 bits per heavy atom. The van der Waals surface area contributed by atoms with Crippen molar-refractivity contribution in [2.75, 3.05) is 31.0 Å². The first-order valence-electron chi connectivity index (χ1n) is 42.6. The van der Waals surface area contributed by atoms with Crippen molar-refractivity contribution >= 4 is 112 Å². The minimum Gasteiger partial charge on any atom is -0.506 e. The van der Waals surface area contributed by atoms with Crippen LogP contribution < -0.4 is 39.3 Å². The van der Waals surface area contributed by atoms with E-state index in [1.165, 1.54) is 55.7 Å². The van der Waals surface area contributed by atoms with Crippen LogP contribution in [0.4, 0.5) is 45.2 Å². The van der Waals surface area contributed by atoms with Gasteiger partial charge in [0.2, 0.25) is 29.1 Å². The zero-order chi connectivity index (χ0) is 94.0. The number of nitrogens with one attached hydrogen (secondary N) is 4. The smallest absolute Gasteiger partial charge is 0.506 e. The number of aromatic nitrogens is 4. The first-order valence-corrected chi connectivity index (χ1v) is 51.4. The molecule has 5 aromatic heterocycles. The maximum absolute atomic E-state index is 13.3. The van der Waals surface area contributed by atoms with E-state index in [-0.39, 0.29) is 54.7 Å². The number of aryl methyl sites for hydroxylation is 5. The Hall–Kier alpha value is -9.09. The van der Waals surface area contributed by atoms with Gasteiger partial charge in [-0.15, -0.1) is 14.9 Å². The summed E-state index contributed by atoms with van der Waals surface area (Å²) in [6, 6.07) is 28.7. The quantitative estimate of drug-likeness (QED) is 0.00859. The molecule has 0 radical (unpaired) electrons. The van der Waals surface area contributed by atoms with E-state index in [0.29, 0.717) is 109 Å². The molecule has 0 spiro atoms. The van der Waals surface area contributed by atoms with Crippen molar-refractivity contribution in [1.82, 2.24) is 46.1 Å². The summed E-state index contributed by atoms with van der Waals surface area (Å²) < 4.78 is 192. The molecule has 25 nitrogen and oxygen atoms in total.